The second-order valence-electron chi connectivity index (χ2n) is 10.8. The lowest BCUT2D eigenvalue weighted by Gasteiger charge is -2.34. The van der Waals surface area contributed by atoms with E-state index < -0.39 is 28.5 Å². The van der Waals surface area contributed by atoms with Crippen molar-refractivity contribution < 1.29 is 18.0 Å². The maximum atomic E-state index is 14.4. The van der Waals surface area contributed by atoms with Gasteiger partial charge in [0.1, 0.15) is 12.6 Å². The molecule has 44 heavy (non-hydrogen) atoms. The summed E-state index contributed by atoms with van der Waals surface area (Å²) in [4.78, 5) is 29.8. The number of aryl methyl sites for hydroxylation is 1. The predicted molar refractivity (Wildman–Crippen MR) is 176 cm³/mol. The van der Waals surface area contributed by atoms with E-state index in [1.165, 1.54) is 17.0 Å². The van der Waals surface area contributed by atoms with Crippen LogP contribution in [0, 0.1) is 6.92 Å². The molecule has 0 aliphatic carbocycles. The molecule has 0 aromatic heterocycles. The Hall–Kier alpha value is -4.14. The van der Waals surface area contributed by atoms with Gasteiger partial charge in [-0.3, -0.25) is 13.9 Å². The third-order valence-corrected chi connectivity index (χ3v) is 9.47. The maximum Gasteiger partial charge on any atom is 0.264 e. The molecule has 0 heterocycles. The second kappa shape index (κ2) is 15.0. The van der Waals surface area contributed by atoms with E-state index in [1.807, 2.05) is 57.2 Å². The van der Waals surface area contributed by atoms with Gasteiger partial charge in [0.25, 0.3) is 10.0 Å². The summed E-state index contributed by atoms with van der Waals surface area (Å²) < 4.78 is 29.2. The number of sulfonamides is 1. The van der Waals surface area contributed by atoms with Gasteiger partial charge in [0, 0.05) is 24.0 Å². The van der Waals surface area contributed by atoms with E-state index in [2.05, 4.69) is 5.32 Å². The lowest BCUT2D eigenvalue weighted by atomic mass is 10.0. The van der Waals surface area contributed by atoms with E-state index in [-0.39, 0.29) is 29.8 Å². The van der Waals surface area contributed by atoms with Crippen molar-refractivity contribution in [1.29, 1.82) is 0 Å². The summed E-state index contributed by atoms with van der Waals surface area (Å²) in [5.41, 5.74) is 2.84. The van der Waals surface area contributed by atoms with Crippen LogP contribution in [0.15, 0.2) is 114 Å². The van der Waals surface area contributed by atoms with Crippen LogP contribution in [0.25, 0.3) is 0 Å². The third-order valence-electron chi connectivity index (χ3n) is 7.45. The van der Waals surface area contributed by atoms with Crippen molar-refractivity contribution in [2.24, 2.45) is 0 Å². The first-order valence-electron chi connectivity index (χ1n) is 14.6. The van der Waals surface area contributed by atoms with Gasteiger partial charge < -0.3 is 10.2 Å². The highest BCUT2D eigenvalue weighted by Crippen LogP contribution is 2.25. The molecule has 0 fully saturated rings. The molecular weight excluding hydrogens is 594 g/mol. The summed E-state index contributed by atoms with van der Waals surface area (Å²) in [5.74, 6) is -0.837. The third kappa shape index (κ3) is 8.49. The Labute approximate surface area is 265 Å². The van der Waals surface area contributed by atoms with Crippen molar-refractivity contribution in [3.8, 4) is 0 Å². The van der Waals surface area contributed by atoms with Gasteiger partial charge in [0.15, 0.2) is 0 Å². The zero-order valence-corrected chi connectivity index (χ0v) is 26.8. The first-order valence-corrected chi connectivity index (χ1v) is 16.4. The van der Waals surface area contributed by atoms with Crippen molar-refractivity contribution in [3.05, 3.63) is 131 Å². The Morgan fingerprint density at radius 3 is 2.07 bits per heavy atom. The number of rotatable bonds is 13. The van der Waals surface area contributed by atoms with Gasteiger partial charge in [0.05, 0.1) is 10.6 Å². The molecule has 4 aromatic rings. The molecule has 2 amide bonds. The number of hydrogen-bond acceptors (Lipinski definition) is 4. The monoisotopic (exact) mass is 631 g/mol. The fourth-order valence-corrected chi connectivity index (χ4v) is 6.41. The first kappa shape index (κ1) is 32.8. The second-order valence-corrected chi connectivity index (χ2v) is 13.1. The van der Waals surface area contributed by atoms with E-state index in [0.717, 1.165) is 15.4 Å². The van der Waals surface area contributed by atoms with Gasteiger partial charge in [-0.05, 0) is 67.8 Å². The summed E-state index contributed by atoms with van der Waals surface area (Å²) in [6.07, 6.45) is 0.952. The van der Waals surface area contributed by atoms with Crippen LogP contribution >= 0.6 is 11.6 Å². The number of carbonyl (C=O) groups is 2. The summed E-state index contributed by atoms with van der Waals surface area (Å²) in [5, 5.41) is 3.53. The molecule has 0 aliphatic rings. The minimum absolute atomic E-state index is 0.0536. The normalized spacial score (nSPS) is 12.6. The Balaban J connectivity index is 1.79. The van der Waals surface area contributed by atoms with E-state index in [1.54, 1.807) is 60.7 Å². The Morgan fingerprint density at radius 2 is 1.45 bits per heavy atom. The SMILES string of the molecule is CC[C@@H](C)NC(=O)[C@@H](Cc1ccccc1)N(Cc1cccc(Cl)c1)C(=O)CN(c1ccccc1)S(=O)(=O)c1ccc(C)cc1. The fourth-order valence-electron chi connectivity index (χ4n) is 4.79. The highest BCUT2D eigenvalue weighted by molar-refractivity contribution is 7.92. The molecule has 0 saturated heterocycles. The molecule has 7 nitrogen and oxygen atoms in total. The van der Waals surface area contributed by atoms with Crippen LogP contribution in [-0.2, 0) is 32.6 Å². The molecule has 0 saturated carbocycles. The van der Waals surface area contributed by atoms with E-state index in [0.29, 0.717) is 22.7 Å². The zero-order chi connectivity index (χ0) is 31.7. The number of anilines is 1. The summed E-state index contributed by atoms with van der Waals surface area (Å²) in [7, 11) is -4.14. The van der Waals surface area contributed by atoms with Gasteiger partial charge in [0.2, 0.25) is 11.8 Å². The largest absolute Gasteiger partial charge is 0.352 e. The maximum absolute atomic E-state index is 14.4. The van der Waals surface area contributed by atoms with Crippen LogP contribution in [0.2, 0.25) is 5.02 Å². The van der Waals surface area contributed by atoms with Gasteiger partial charge in [-0.15, -0.1) is 0 Å². The minimum atomic E-state index is -4.14. The van der Waals surface area contributed by atoms with Gasteiger partial charge >= 0.3 is 0 Å². The number of carbonyl (C=O) groups excluding carboxylic acids is 2. The highest BCUT2D eigenvalue weighted by Gasteiger charge is 2.35. The van der Waals surface area contributed by atoms with Crippen molar-refractivity contribution >= 4 is 39.1 Å². The quantitative estimate of drug-likeness (QED) is 0.185. The number of amides is 2. The minimum Gasteiger partial charge on any atom is -0.352 e. The van der Waals surface area contributed by atoms with Crippen molar-refractivity contribution in [3.63, 3.8) is 0 Å². The molecule has 0 unspecified atom stereocenters. The molecule has 1 N–H and O–H groups in total. The lowest BCUT2D eigenvalue weighted by Crippen LogP contribution is -2.54. The summed E-state index contributed by atoms with van der Waals surface area (Å²) >= 11 is 6.30. The smallest absolute Gasteiger partial charge is 0.264 e. The summed E-state index contributed by atoms with van der Waals surface area (Å²) in [6.45, 7) is 5.30. The molecule has 0 bridgehead atoms. The predicted octanol–water partition coefficient (Wildman–Crippen LogP) is 6.40. The van der Waals surface area contributed by atoms with Crippen LogP contribution in [-0.4, -0.2) is 43.8 Å². The molecular formula is C35H38ClN3O4S. The standard InChI is InChI=1S/C35H38ClN3O4S/c1-4-27(3)37-35(41)33(23-28-12-7-5-8-13-28)38(24-29-14-11-15-30(36)22-29)34(40)25-39(31-16-9-6-10-17-31)44(42,43)32-20-18-26(2)19-21-32/h5-22,27,33H,4,23-25H2,1-3H3,(H,37,41)/t27-,33-/m1/s1. The van der Waals surface area contributed by atoms with Crippen molar-refractivity contribution in [2.45, 2.75) is 57.1 Å². The topological polar surface area (TPSA) is 86.8 Å². The van der Waals surface area contributed by atoms with Crippen LogP contribution in [0.3, 0.4) is 0 Å². The van der Waals surface area contributed by atoms with Crippen LogP contribution in [0.4, 0.5) is 5.69 Å². The van der Waals surface area contributed by atoms with Gasteiger partial charge in [-0.1, -0.05) is 96.9 Å². The number of nitrogens with zero attached hydrogens (tertiary/aromatic N) is 2. The van der Waals surface area contributed by atoms with Crippen molar-refractivity contribution in [1.82, 2.24) is 10.2 Å². The molecule has 0 spiro atoms. The Morgan fingerprint density at radius 1 is 0.841 bits per heavy atom. The van der Waals surface area contributed by atoms with Crippen LogP contribution < -0.4 is 9.62 Å². The van der Waals surface area contributed by atoms with Crippen LogP contribution in [0.5, 0.6) is 0 Å². The zero-order valence-electron chi connectivity index (χ0n) is 25.2. The van der Waals surface area contributed by atoms with E-state index in [9.17, 15) is 18.0 Å². The molecule has 4 aromatic carbocycles. The molecule has 230 valence electrons. The molecule has 0 aliphatic heterocycles. The Bertz CT molecular complexity index is 1650. The van der Waals surface area contributed by atoms with Gasteiger partial charge in [-0.2, -0.15) is 0 Å². The molecule has 0 radical (unpaired) electrons. The fraction of sp³-hybridized carbons (Fsp3) is 0.257. The number of halogens is 1. The number of para-hydroxylation sites is 1. The molecule has 4 rings (SSSR count). The first-order chi connectivity index (χ1) is 21.1. The number of hydrogen-bond donors (Lipinski definition) is 1. The van der Waals surface area contributed by atoms with Crippen molar-refractivity contribution in [2.75, 3.05) is 10.8 Å². The lowest BCUT2D eigenvalue weighted by molar-refractivity contribution is -0.140. The van der Waals surface area contributed by atoms with E-state index >= 15 is 0 Å². The van der Waals surface area contributed by atoms with E-state index in [4.69, 9.17) is 11.6 Å². The average molecular weight is 632 g/mol. The molecule has 9 heteroatoms. The van der Waals surface area contributed by atoms with Crippen LogP contribution in [0.1, 0.15) is 37.0 Å². The van der Waals surface area contributed by atoms with Gasteiger partial charge in [-0.25, -0.2) is 8.42 Å². The number of nitrogens with one attached hydrogen (secondary N) is 1. The molecule has 2 atom stereocenters. The highest BCUT2D eigenvalue weighted by atomic mass is 35.5. The average Bonchev–Trinajstić information content (AvgIpc) is 3.02. The Kier molecular flexibility index (Phi) is 11.2. The number of benzene rings is 4. The summed E-state index contributed by atoms with van der Waals surface area (Å²) in [6, 6.07) is 30.6.